The van der Waals surface area contributed by atoms with Crippen molar-refractivity contribution in [2.24, 2.45) is 0 Å². The fraction of sp³-hybridized carbons (Fsp3) is 0.350. The maximum Gasteiger partial charge on any atom is 0.573 e. The van der Waals surface area contributed by atoms with Crippen LogP contribution in [0.15, 0.2) is 48.5 Å². The van der Waals surface area contributed by atoms with Crippen molar-refractivity contribution in [3.05, 3.63) is 54.1 Å². The molecule has 0 bridgehead atoms. The molecule has 0 aromatic heterocycles. The minimum Gasteiger partial charge on any atom is -0.485 e. The maximum absolute atomic E-state index is 12.5. The number of para-hydroxylation sites is 2. The molecule has 1 N–H and O–H groups in total. The molecule has 2 aromatic rings. The Morgan fingerprint density at radius 2 is 1.79 bits per heavy atom. The average molecular weight is 411 g/mol. The molecule has 1 amide bonds. The van der Waals surface area contributed by atoms with Gasteiger partial charge in [-0.2, -0.15) is 0 Å². The fourth-order valence-electron chi connectivity index (χ4n) is 2.91. The molecular weight excluding hydrogens is 391 g/mol. The zero-order chi connectivity index (χ0) is 20.9. The summed E-state index contributed by atoms with van der Waals surface area (Å²) in [4.78, 5) is 13.9. The normalized spacial score (nSPS) is 16.6. The molecule has 2 aromatic carbocycles. The minimum absolute atomic E-state index is 0.0238. The Balaban J connectivity index is 1.51. The lowest BCUT2D eigenvalue weighted by molar-refractivity contribution is -0.275. The van der Waals surface area contributed by atoms with E-state index in [-0.39, 0.29) is 31.4 Å². The summed E-state index contributed by atoms with van der Waals surface area (Å²) >= 11 is 0. The highest BCUT2D eigenvalue weighted by molar-refractivity contribution is 5.78. The Bertz CT molecular complexity index is 826. The third-order valence-electron chi connectivity index (χ3n) is 4.33. The predicted octanol–water partition coefficient (Wildman–Crippen LogP) is 3.14. The standard InChI is InChI=1S/C20H20F3NO5/c21-20(22,23)29-18-4-2-1-3-17(18)28-16-9-10-24(11-16)19(26)13-27-15-7-5-14(12-25)6-8-15/h1-8,16,25H,9-13H2. The zero-order valence-electron chi connectivity index (χ0n) is 15.4. The van der Waals surface area contributed by atoms with Gasteiger partial charge in [-0.15, -0.1) is 13.2 Å². The fourth-order valence-corrected chi connectivity index (χ4v) is 2.91. The Kier molecular flexibility index (Phi) is 6.48. The highest BCUT2D eigenvalue weighted by atomic mass is 19.4. The summed E-state index contributed by atoms with van der Waals surface area (Å²) in [6.07, 6.45) is -4.78. The first-order chi connectivity index (χ1) is 13.8. The van der Waals surface area contributed by atoms with E-state index in [1.807, 2.05) is 0 Å². The quantitative estimate of drug-likeness (QED) is 0.758. The van der Waals surface area contributed by atoms with Crippen molar-refractivity contribution < 1.29 is 37.3 Å². The van der Waals surface area contributed by atoms with Crippen molar-refractivity contribution >= 4 is 5.91 Å². The average Bonchev–Trinajstić information content (AvgIpc) is 3.15. The van der Waals surface area contributed by atoms with Crippen molar-refractivity contribution in [2.45, 2.75) is 25.5 Å². The van der Waals surface area contributed by atoms with E-state index < -0.39 is 18.2 Å². The smallest absolute Gasteiger partial charge is 0.485 e. The number of rotatable bonds is 7. The third-order valence-corrected chi connectivity index (χ3v) is 4.33. The van der Waals surface area contributed by atoms with Gasteiger partial charge in [-0.3, -0.25) is 4.79 Å². The highest BCUT2D eigenvalue weighted by Gasteiger charge is 2.33. The van der Waals surface area contributed by atoms with Crippen LogP contribution < -0.4 is 14.2 Å². The van der Waals surface area contributed by atoms with Crippen molar-refractivity contribution in [2.75, 3.05) is 19.7 Å². The Hall–Kier alpha value is -2.94. The number of halogens is 3. The first-order valence-electron chi connectivity index (χ1n) is 8.96. The Morgan fingerprint density at radius 3 is 2.45 bits per heavy atom. The second-order valence-corrected chi connectivity index (χ2v) is 6.45. The molecule has 0 radical (unpaired) electrons. The lowest BCUT2D eigenvalue weighted by Gasteiger charge is -2.19. The van der Waals surface area contributed by atoms with Gasteiger partial charge in [0.1, 0.15) is 11.9 Å². The van der Waals surface area contributed by atoms with Gasteiger partial charge in [0.2, 0.25) is 0 Å². The number of nitrogens with zero attached hydrogens (tertiary/aromatic N) is 1. The van der Waals surface area contributed by atoms with Crippen LogP contribution in [0.3, 0.4) is 0 Å². The van der Waals surface area contributed by atoms with Gasteiger partial charge in [-0.05, 0) is 29.8 Å². The van der Waals surface area contributed by atoms with Crippen molar-refractivity contribution in [3.63, 3.8) is 0 Å². The van der Waals surface area contributed by atoms with Crippen LogP contribution in [0.1, 0.15) is 12.0 Å². The molecule has 156 valence electrons. The van der Waals surface area contributed by atoms with Gasteiger partial charge < -0.3 is 24.2 Å². The number of alkyl halides is 3. The van der Waals surface area contributed by atoms with E-state index in [0.29, 0.717) is 18.7 Å². The summed E-state index contributed by atoms with van der Waals surface area (Å²) in [7, 11) is 0. The first kappa shape index (κ1) is 20.8. The van der Waals surface area contributed by atoms with E-state index in [2.05, 4.69) is 4.74 Å². The van der Waals surface area contributed by atoms with Crippen LogP contribution >= 0.6 is 0 Å². The second-order valence-electron chi connectivity index (χ2n) is 6.45. The summed E-state index contributed by atoms with van der Waals surface area (Å²) in [5.74, 6) is -0.188. The van der Waals surface area contributed by atoms with Gasteiger partial charge in [-0.1, -0.05) is 24.3 Å². The largest absolute Gasteiger partial charge is 0.573 e. The minimum atomic E-state index is -4.82. The maximum atomic E-state index is 12.5. The lowest BCUT2D eigenvalue weighted by Crippen LogP contribution is -2.34. The molecular formula is C20H20F3NO5. The van der Waals surface area contributed by atoms with E-state index in [0.717, 1.165) is 5.56 Å². The number of ether oxygens (including phenoxy) is 3. The number of hydrogen-bond donors (Lipinski definition) is 1. The molecule has 0 aliphatic carbocycles. The molecule has 1 atom stereocenters. The molecule has 0 spiro atoms. The molecule has 29 heavy (non-hydrogen) atoms. The van der Waals surface area contributed by atoms with Gasteiger partial charge in [0, 0.05) is 13.0 Å². The molecule has 3 rings (SSSR count). The van der Waals surface area contributed by atoms with Crippen LogP contribution in [-0.2, 0) is 11.4 Å². The van der Waals surface area contributed by atoms with Gasteiger partial charge >= 0.3 is 6.36 Å². The number of hydrogen-bond acceptors (Lipinski definition) is 5. The Labute approximate surface area is 165 Å². The van der Waals surface area contributed by atoms with E-state index in [9.17, 15) is 18.0 Å². The van der Waals surface area contributed by atoms with Gasteiger partial charge in [0.15, 0.2) is 18.1 Å². The van der Waals surface area contributed by atoms with Gasteiger partial charge in [0.25, 0.3) is 5.91 Å². The number of likely N-dealkylation sites (tertiary alicyclic amines) is 1. The van der Waals surface area contributed by atoms with E-state index in [1.165, 1.54) is 18.2 Å². The number of benzene rings is 2. The highest BCUT2D eigenvalue weighted by Crippen LogP contribution is 2.33. The molecule has 0 saturated carbocycles. The van der Waals surface area contributed by atoms with Crippen molar-refractivity contribution in [1.29, 1.82) is 0 Å². The summed E-state index contributed by atoms with van der Waals surface area (Å²) in [5, 5.41) is 9.02. The SMILES string of the molecule is O=C(COc1ccc(CO)cc1)N1CCC(Oc2ccccc2OC(F)(F)F)C1. The molecule has 1 aliphatic rings. The first-order valence-corrected chi connectivity index (χ1v) is 8.96. The van der Waals surface area contributed by atoms with Crippen LogP contribution in [0.2, 0.25) is 0 Å². The molecule has 1 unspecified atom stereocenters. The topological polar surface area (TPSA) is 68.2 Å². The second kappa shape index (κ2) is 9.04. The summed E-state index contributed by atoms with van der Waals surface area (Å²) in [5.41, 5.74) is 0.734. The van der Waals surface area contributed by atoms with Crippen LogP contribution in [-0.4, -0.2) is 48.1 Å². The summed E-state index contributed by atoms with van der Waals surface area (Å²) in [6, 6.07) is 12.2. The van der Waals surface area contributed by atoms with E-state index in [1.54, 1.807) is 35.2 Å². The van der Waals surface area contributed by atoms with Crippen molar-refractivity contribution in [3.8, 4) is 17.2 Å². The predicted molar refractivity (Wildman–Crippen MR) is 96.6 cm³/mol. The number of aliphatic hydroxyl groups excluding tert-OH is 1. The summed E-state index contributed by atoms with van der Waals surface area (Å²) in [6.45, 7) is 0.412. The number of carbonyl (C=O) groups is 1. The van der Waals surface area contributed by atoms with Crippen molar-refractivity contribution in [1.82, 2.24) is 4.90 Å². The molecule has 1 aliphatic heterocycles. The number of amides is 1. The monoisotopic (exact) mass is 411 g/mol. The van der Waals surface area contributed by atoms with Crippen LogP contribution in [0, 0.1) is 0 Å². The summed E-state index contributed by atoms with van der Waals surface area (Å²) < 4.78 is 52.6. The van der Waals surface area contributed by atoms with E-state index >= 15 is 0 Å². The number of aliphatic hydroxyl groups is 1. The molecule has 6 nitrogen and oxygen atoms in total. The molecule has 1 saturated heterocycles. The Morgan fingerprint density at radius 1 is 1.10 bits per heavy atom. The lowest BCUT2D eigenvalue weighted by atomic mass is 10.2. The van der Waals surface area contributed by atoms with Crippen LogP contribution in [0.5, 0.6) is 17.2 Å². The zero-order valence-corrected chi connectivity index (χ0v) is 15.4. The third kappa shape index (κ3) is 6.02. The van der Waals surface area contributed by atoms with Crippen LogP contribution in [0.25, 0.3) is 0 Å². The van der Waals surface area contributed by atoms with Gasteiger partial charge in [0.05, 0.1) is 13.2 Å². The van der Waals surface area contributed by atoms with E-state index in [4.69, 9.17) is 14.6 Å². The molecule has 9 heteroatoms. The number of carbonyl (C=O) groups excluding carboxylic acids is 1. The van der Waals surface area contributed by atoms with Gasteiger partial charge in [-0.25, -0.2) is 0 Å². The van der Waals surface area contributed by atoms with Crippen LogP contribution in [0.4, 0.5) is 13.2 Å². The molecule has 1 fully saturated rings. The molecule has 1 heterocycles.